The summed E-state index contributed by atoms with van der Waals surface area (Å²) in [5, 5.41) is 3.07. The summed E-state index contributed by atoms with van der Waals surface area (Å²) in [7, 11) is 0. The lowest BCUT2D eigenvalue weighted by Crippen LogP contribution is -2.50. The molecule has 20 heavy (non-hydrogen) atoms. The summed E-state index contributed by atoms with van der Waals surface area (Å²) in [5.74, 6) is 0.313. The molecule has 1 saturated carbocycles. The van der Waals surface area contributed by atoms with E-state index in [-0.39, 0.29) is 23.5 Å². The van der Waals surface area contributed by atoms with Gasteiger partial charge in [0.05, 0.1) is 12.2 Å². The number of ether oxygens (including phenoxy) is 1. The Morgan fingerprint density at radius 2 is 2.25 bits per heavy atom. The van der Waals surface area contributed by atoms with Crippen molar-refractivity contribution in [2.45, 2.75) is 51.2 Å². The van der Waals surface area contributed by atoms with E-state index in [0.717, 1.165) is 58.5 Å². The summed E-state index contributed by atoms with van der Waals surface area (Å²) in [5.41, 5.74) is 5.87. The van der Waals surface area contributed by atoms with Crippen LogP contribution in [0.4, 0.5) is 0 Å². The van der Waals surface area contributed by atoms with Crippen LogP contribution in [0.1, 0.15) is 39.5 Å². The number of nitrogens with one attached hydrogen (secondary N) is 1. The van der Waals surface area contributed by atoms with Gasteiger partial charge in [-0.1, -0.05) is 6.42 Å². The molecule has 2 atom stereocenters. The number of carbonyl (C=O) groups excluding carboxylic acids is 1. The monoisotopic (exact) mass is 283 g/mol. The lowest BCUT2D eigenvalue weighted by atomic mass is 9.85. The highest BCUT2D eigenvalue weighted by Gasteiger charge is 2.28. The van der Waals surface area contributed by atoms with Crippen molar-refractivity contribution in [2.75, 3.05) is 32.8 Å². The Labute approximate surface area is 122 Å². The Kier molecular flexibility index (Phi) is 5.41. The standard InChI is InChI=1S/C15H29N3O2/c1-15(2)11-18(8-9-20-15)7-6-17-14(19)12-4-3-5-13(16)10-12/h12-13H,3-11,16H2,1-2H3,(H,17,19). The van der Waals surface area contributed by atoms with Gasteiger partial charge in [-0.15, -0.1) is 0 Å². The van der Waals surface area contributed by atoms with E-state index in [9.17, 15) is 4.79 Å². The van der Waals surface area contributed by atoms with Gasteiger partial charge in [0.15, 0.2) is 0 Å². The number of nitrogens with zero attached hydrogens (tertiary/aromatic N) is 1. The summed E-state index contributed by atoms with van der Waals surface area (Å²) in [6, 6.07) is 0.208. The second-order valence-electron chi connectivity index (χ2n) is 6.80. The molecule has 0 aromatic carbocycles. The van der Waals surface area contributed by atoms with E-state index in [4.69, 9.17) is 10.5 Å². The zero-order valence-corrected chi connectivity index (χ0v) is 12.9. The maximum absolute atomic E-state index is 12.1. The highest BCUT2D eigenvalue weighted by atomic mass is 16.5. The fourth-order valence-corrected chi connectivity index (χ4v) is 3.25. The third kappa shape index (κ3) is 4.72. The number of carbonyl (C=O) groups is 1. The molecule has 1 aliphatic heterocycles. The van der Waals surface area contributed by atoms with Crippen molar-refractivity contribution < 1.29 is 9.53 Å². The zero-order valence-electron chi connectivity index (χ0n) is 12.9. The summed E-state index contributed by atoms with van der Waals surface area (Å²) >= 11 is 0. The van der Waals surface area contributed by atoms with Gasteiger partial charge in [0.2, 0.25) is 5.91 Å². The lowest BCUT2D eigenvalue weighted by Gasteiger charge is -2.38. The first kappa shape index (κ1) is 15.7. The van der Waals surface area contributed by atoms with Crippen LogP contribution in [-0.4, -0.2) is 55.2 Å². The first-order valence-corrected chi connectivity index (χ1v) is 7.86. The predicted octanol–water partition coefficient (Wildman–Crippen LogP) is 0.731. The van der Waals surface area contributed by atoms with Crippen molar-refractivity contribution in [3.63, 3.8) is 0 Å². The van der Waals surface area contributed by atoms with Gasteiger partial charge < -0.3 is 15.8 Å². The maximum Gasteiger partial charge on any atom is 0.223 e. The molecule has 1 amide bonds. The van der Waals surface area contributed by atoms with Crippen LogP contribution >= 0.6 is 0 Å². The van der Waals surface area contributed by atoms with E-state index in [1.54, 1.807) is 0 Å². The van der Waals surface area contributed by atoms with Crippen LogP contribution in [0.25, 0.3) is 0 Å². The van der Waals surface area contributed by atoms with Gasteiger partial charge in [-0.05, 0) is 33.1 Å². The van der Waals surface area contributed by atoms with Gasteiger partial charge in [0.25, 0.3) is 0 Å². The molecule has 1 saturated heterocycles. The molecule has 0 aromatic rings. The fraction of sp³-hybridized carbons (Fsp3) is 0.933. The molecule has 5 nitrogen and oxygen atoms in total. The summed E-state index contributed by atoms with van der Waals surface area (Å²) in [4.78, 5) is 14.5. The third-order valence-electron chi connectivity index (χ3n) is 4.32. The van der Waals surface area contributed by atoms with Crippen molar-refractivity contribution in [3.05, 3.63) is 0 Å². The lowest BCUT2D eigenvalue weighted by molar-refractivity contribution is -0.126. The molecular formula is C15H29N3O2. The number of hydrogen-bond donors (Lipinski definition) is 2. The van der Waals surface area contributed by atoms with E-state index in [2.05, 4.69) is 24.1 Å². The Bertz CT molecular complexity index is 333. The molecule has 1 aliphatic carbocycles. The van der Waals surface area contributed by atoms with Crippen molar-refractivity contribution in [2.24, 2.45) is 11.7 Å². The molecule has 2 rings (SSSR count). The van der Waals surface area contributed by atoms with Gasteiger partial charge in [-0.2, -0.15) is 0 Å². The second kappa shape index (κ2) is 6.87. The van der Waals surface area contributed by atoms with Gasteiger partial charge in [0, 0.05) is 38.1 Å². The third-order valence-corrected chi connectivity index (χ3v) is 4.32. The van der Waals surface area contributed by atoms with E-state index in [1.807, 2.05) is 0 Å². The average Bonchev–Trinajstić information content (AvgIpc) is 2.37. The first-order chi connectivity index (χ1) is 9.46. The highest BCUT2D eigenvalue weighted by Crippen LogP contribution is 2.23. The molecule has 5 heteroatoms. The van der Waals surface area contributed by atoms with Gasteiger partial charge in [0.1, 0.15) is 0 Å². The number of nitrogens with two attached hydrogens (primary N) is 1. The number of amides is 1. The van der Waals surface area contributed by atoms with Crippen LogP contribution in [0, 0.1) is 5.92 Å². The quantitative estimate of drug-likeness (QED) is 0.798. The smallest absolute Gasteiger partial charge is 0.223 e. The topological polar surface area (TPSA) is 67.6 Å². The molecule has 1 heterocycles. The number of rotatable bonds is 4. The van der Waals surface area contributed by atoms with Crippen molar-refractivity contribution >= 4 is 5.91 Å². The fourth-order valence-electron chi connectivity index (χ4n) is 3.25. The van der Waals surface area contributed by atoms with Crippen LogP contribution in [0.5, 0.6) is 0 Å². The van der Waals surface area contributed by atoms with E-state index >= 15 is 0 Å². The Hall–Kier alpha value is -0.650. The molecule has 116 valence electrons. The van der Waals surface area contributed by atoms with Crippen LogP contribution < -0.4 is 11.1 Å². The van der Waals surface area contributed by atoms with Crippen LogP contribution in [0.15, 0.2) is 0 Å². The van der Waals surface area contributed by atoms with Crippen LogP contribution in [-0.2, 0) is 9.53 Å². The van der Waals surface area contributed by atoms with Crippen LogP contribution in [0.2, 0.25) is 0 Å². The summed E-state index contributed by atoms with van der Waals surface area (Å²) < 4.78 is 5.69. The Morgan fingerprint density at radius 3 is 2.95 bits per heavy atom. The molecule has 0 bridgehead atoms. The number of hydrogen-bond acceptors (Lipinski definition) is 4. The Morgan fingerprint density at radius 1 is 1.45 bits per heavy atom. The molecule has 2 aliphatic rings. The molecule has 2 unspecified atom stereocenters. The molecule has 3 N–H and O–H groups in total. The summed E-state index contributed by atoms with van der Waals surface area (Å²) in [6.07, 6.45) is 3.98. The van der Waals surface area contributed by atoms with E-state index in [1.165, 1.54) is 0 Å². The summed E-state index contributed by atoms with van der Waals surface area (Å²) in [6.45, 7) is 8.50. The molecule has 0 radical (unpaired) electrons. The van der Waals surface area contributed by atoms with Crippen LogP contribution in [0.3, 0.4) is 0 Å². The minimum atomic E-state index is -0.0710. The van der Waals surface area contributed by atoms with Gasteiger partial charge in [-0.25, -0.2) is 0 Å². The van der Waals surface area contributed by atoms with Gasteiger partial charge in [-0.3, -0.25) is 9.69 Å². The molecule has 0 aromatic heterocycles. The zero-order chi connectivity index (χ0) is 14.6. The molecule has 2 fully saturated rings. The van der Waals surface area contributed by atoms with E-state index in [0.29, 0.717) is 0 Å². The molecule has 0 spiro atoms. The highest BCUT2D eigenvalue weighted by molar-refractivity contribution is 5.78. The van der Waals surface area contributed by atoms with E-state index < -0.39 is 0 Å². The SMILES string of the molecule is CC1(C)CN(CCNC(=O)C2CCCC(N)C2)CCO1. The maximum atomic E-state index is 12.1. The van der Waals surface area contributed by atoms with Crippen molar-refractivity contribution in [1.29, 1.82) is 0 Å². The minimum Gasteiger partial charge on any atom is -0.373 e. The number of morpholine rings is 1. The largest absolute Gasteiger partial charge is 0.373 e. The minimum absolute atomic E-state index is 0.0710. The Balaban J connectivity index is 1.66. The normalized spacial score (nSPS) is 30.9. The van der Waals surface area contributed by atoms with Crippen molar-refractivity contribution in [3.8, 4) is 0 Å². The molecular weight excluding hydrogens is 254 g/mol. The average molecular weight is 283 g/mol. The predicted molar refractivity (Wildman–Crippen MR) is 79.4 cm³/mol. The second-order valence-corrected chi connectivity index (χ2v) is 6.80. The van der Waals surface area contributed by atoms with Crippen molar-refractivity contribution in [1.82, 2.24) is 10.2 Å². The first-order valence-electron chi connectivity index (χ1n) is 7.86. The van der Waals surface area contributed by atoms with Gasteiger partial charge >= 0.3 is 0 Å².